The van der Waals surface area contributed by atoms with Gasteiger partial charge in [-0.05, 0) is 48.4 Å². The SMILES string of the molecule is CCCC(CC)N(Cc1nc2oc(-c3ccc(C)cc3)c(C(=O)NC)c2cc1I)S(=O)[O-]. The summed E-state index contributed by atoms with van der Waals surface area (Å²) in [4.78, 5) is 17.4. The van der Waals surface area contributed by atoms with Gasteiger partial charge in [0.15, 0.2) is 0 Å². The average Bonchev–Trinajstić information content (AvgIpc) is 3.13. The molecule has 1 N–H and O–H groups in total. The van der Waals surface area contributed by atoms with E-state index in [0.717, 1.165) is 34.0 Å². The summed E-state index contributed by atoms with van der Waals surface area (Å²) in [5, 5.41) is 3.28. The number of benzene rings is 1. The van der Waals surface area contributed by atoms with E-state index in [-0.39, 0.29) is 18.5 Å². The Balaban J connectivity index is 2.11. The molecule has 0 aliphatic carbocycles. The number of rotatable bonds is 9. The van der Waals surface area contributed by atoms with Crippen LogP contribution in [0.3, 0.4) is 0 Å². The van der Waals surface area contributed by atoms with Crippen LogP contribution >= 0.6 is 22.6 Å². The van der Waals surface area contributed by atoms with Crippen molar-refractivity contribution in [2.75, 3.05) is 7.05 Å². The number of amides is 1. The maximum Gasteiger partial charge on any atom is 0.255 e. The van der Waals surface area contributed by atoms with E-state index in [9.17, 15) is 13.6 Å². The van der Waals surface area contributed by atoms with Crippen molar-refractivity contribution in [2.24, 2.45) is 0 Å². The largest absolute Gasteiger partial charge is 0.760 e. The van der Waals surface area contributed by atoms with E-state index < -0.39 is 11.3 Å². The Bertz CT molecular complexity index is 1130. The molecule has 32 heavy (non-hydrogen) atoms. The Morgan fingerprint density at radius 1 is 1.31 bits per heavy atom. The number of halogens is 1. The van der Waals surface area contributed by atoms with Gasteiger partial charge in [0.05, 0.1) is 23.2 Å². The van der Waals surface area contributed by atoms with E-state index >= 15 is 0 Å². The van der Waals surface area contributed by atoms with Crippen LogP contribution in [-0.4, -0.2) is 37.0 Å². The summed E-state index contributed by atoms with van der Waals surface area (Å²) < 4.78 is 32.2. The molecule has 2 unspecified atom stereocenters. The summed E-state index contributed by atoms with van der Waals surface area (Å²) in [5.41, 5.74) is 3.22. The number of nitrogens with zero attached hydrogens (tertiary/aromatic N) is 2. The molecule has 0 saturated heterocycles. The Hall–Kier alpha value is -1.82. The molecule has 0 radical (unpaired) electrons. The lowest BCUT2D eigenvalue weighted by Crippen LogP contribution is -2.36. The summed E-state index contributed by atoms with van der Waals surface area (Å²) in [6.45, 7) is 6.17. The molecule has 0 aliphatic heterocycles. The summed E-state index contributed by atoms with van der Waals surface area (Å²) in [6, 6.07) is 9.48. The first-order valence-electron chi connectivity index (χ1n) is 10.6. The van der Waals surface area contributed by atoms with Crippen molar-refractivity contribution in [2.45, 2.75) is 52.6 Å². The normalized spacial score (nSPS) is 13.5. The van der Waals surface area contributed by atoms with Crippen LogP contribution in [0.25, 0.3) is 22.4 Å². The molecule has 0 fully saturated rings. The van der Waals surface area contributed by atoms with Crippen molar-refractivity contribution in [3.63, 3.8) is 0 Å². The molecule has 1 amide bonds. The second-order valence-electron chi connectivity index (χ2n) is 7.66. The number of hydrogen-bond donors (Lipinski definition) is 1. The maximum atomic E-state index is 12.7. The highest BCUT2D eigenvalue weighted by Gasteiger charge is 2.25. The fourth-order valence-electron chi connectivity index (χ4n) is 3.74. The van der Waals surface area contributed by atoms with Gasteiger partial charge in [-0.15, -0.1) is 0 Å². The minimum atomic E-state index is -2.37. The van der Waals surface area contributed by atoms with E-state index in [4.69, 9.17) is 4.42 Å². The Kier molecular flexibility index (Phi) is 8.43. The van der Waals surface area contributed by atoms with E-state index in [1.165, 1.54) is 4.31 Å². The zero-order valence-corrected chi connectivity index (χ0v) is 21.6. The van der Waals surface area contributed by atoms with Crippen LogP contribution in [0.1, 0.15) is 54.7 Å². The quantitative estimate of drug-likeness (QED) is 0.291. The Labute approximate surface area is 204 Å². The van der Waals surface area contributed by atoms with Crippen LogP contribution in [0.15, 0.2) is 34.7 Å². The van der Waals surface area contributed by atoms with Crippen LogP contribution in [0.4, 0.5) is 0 Å². The first-order chi connectivity index (χ1) is 15.3. The van der Waals surface area contributed by atoms with Crippen molar-refractivity contribution in [1.29, 1.82) is 0 Å². The summed E-state index contributed by atoms with van der Waals surface area (Å²) in [6.07, 6.45) is 2.39. The van der Waals surface area contributed by atoms with Crippen LogP contribution in [0.5, 0.6) is 0 Å². The fourth-order valence-corrected chi connectivity index (χ4v) is 5.07. The minimum Gasteiger partial charge on any atom is -0.760 e. The molecule has 7 nitrogen and oxygen atoms in total. The lowest BCUT2D eigenvalue weighted by molar-refractivity contribution is 0.0964. The minimum absolute atomic E-state index is 0.0900. The average molecular weight is 568 g/mol. The molecular formula is C23H27IN3O4S-. The smallest absolute Gasteiger partial charge is 0.255 e. The van der Waals surface area contributed by atoms with Gasteiger partial charge in [-0.25, -0.2) is 9.29 Å². The van der Waals surface area contributed by atoms with Crippen LogP contribution in [-0.2, 0) is 17.8 Å². The highest BCUT2D eigenvalue weighted by molar-refractivity contribution is 14.1. The van der Waals surface area contributed by atoms with Crippen LogP contribution < -0.4 is 5.32 Å². The van der Waals surface area contributed by atoms with Gasteiger partial charge in [-0.2, -0.15) is 0 Å². The number of aromatic nitrogens is 1. The molecule has 2 heterocycles. The highest BCUT2D eigenvalue weighted by atomic mass is 127. The van der Waals surface area contributed by atoms with Crippen LogP contribution in [0.2, 0.25) is 0 Å². The molecule has 2 atom stereocenters. The second kappa shape index (κ2) is 10.9. The summed E-state index contributed by atoms with van der Waals surface area (Å²) in [5.74, 6) is 0.183. The number of aryl methyl sites for hydroxylation is 1. The van der Waals surface area contributed by atoms with E-state index in [0.29, 0.717) is 28.1 Å². The topological polar surface area (TPSA) is 98.5 Å². The molecule has 0 saturated carbocycles. The second-order valence-corrected chi connectivity index (χ2v) is 9.73. The summed E-state index contributed by atoms with van der Waals surface area (Å²) in [7, 11) is 1.58. The lowest BCUT2D eigenvalue weighted by atomic mass is 10.0. The molecule has 0 bridgehead atoms. The first-order valence-corrected chi connectivity index (χ1v) is 12.7. The van der Waals surface area contributed by atoms with Crippen molar-refractivity contribution in [3.8, 4) is 11.3 Å². The van der Waals surface area contributed by atoms with Gasteiger partial charge in [0.25, 0.3) is 5.91 Å². The summed E-state index contributed by atoms with van der Waals surface area (Å²) >= 11 is -0.233. The first kappa shape index (κ1) is 24.8. The Morgan fingerprint density at radius 2 is 2.00 bits per heavy atom. The number of pyridine rings is 1. The Morgan fingerprint density at radius 3 is 2.56 bits per heavy atom. The van der Waals surface area contributed by atoms with E-state index in [2.05, 4.69) is 32.9 Å². The van der Waals surface area contributed by atoms with Crippen LogP contribution in [0, 0.1) is 10.5 Å². The molecular weight excluding hydrogens is 541 g/mol. The number of carbonyl (C=O) groups excluding carboxylic acids is 1. The molecule has 172 valence electrons. The standard InChI is InChI=1S/C23H28IN3O4S/c1-5-7-16(6-2)27(32(29)30)13-19-18(24)12-17-20(22(28)25-4)21(31-23(17)26-19)15-10-8-14(3)9-11-15/h8-12,16H,5-7,13H2,1-4H3,(H,25,28)(H,29,30)/p-1. The van der Waals surface area contributed by atoms with Crippen molar-refractivity contribution in [3.05, 3.63) is 50.7 Å². The van der Waals surface area contributed by atoms with Crippen molar-refractivity contribution < 1.29 is 18.0 Å². The van der Waals surface area contributed by atoms with E-state index in [1.54, 1.807) is 7.05 Å². The predicted octanol–water partition coefficient (Wildman–Crippen LogP) is 4.94. The van der Waals surface area contributed by atoms with Gasteiger partial charge >= 0.3 is 0 Å². The third kappa shape index (κ3) is 5.22. The van der Waals surface area contributed by atoms with Gasteiger partial charge in [0.1, 0.15) is 5.76 Å². The molecule has 3 aromatic rings. The maximum absolute atomic E-state index is 12.7. The monoisotopic (exact) mass is 568 g/mol. The van der Waals surface area contributed by atoms with Gasteiger partial charge in [0.2, 0.25) is 5.71 Å². The molecule has 0 spiro atoms. The molecule has 1 aromatic carbocycles. The molecule has 0 aliphatic rings. The third-order valence-electron chi connectivity index (χ3n) is 5.47. The number of fused-ring (bicyclic) bond motifs is 1. The number of nitrogens with one attached hydrogen (secondary N) is 1. The molecule has 2 aromatic heterocycles. The fraction of sp³-hybridized carbons (Fsp3) is 0.391. The zero-order valence-electron chi connectivity index (χ0n) is 18.6. The number of hydrogen-bond acceptors (Lipinski definition) is 5. The number of carbonyl (C=O) groups is 1. The highest BCUT2D eigenvalue weighted by Crippen LogP contribution is 2.35. The molecule has 3 rings (SSSR count). The predicted molar refractivity (Wildman–Crippen MR) is 134 cm³/mol. The van der Waals surface area contributed by atoms with Gasteiger partial charge < -0.3 is 14.3 Å². The van der Waals surface area contributed by atoms with Crippen molar-refractivity contribution in [1.82, 2.24) is 14.6 Å². The zero-order chi connectivity index (χ0) is 23.4. The molecule has 9 heteroatoms. The van der Waals surface area contributed by atoms with E-state index in [1.807, 2.05) is 51.1 Å². The number of furan rings is 1. The van der Waals surface area contributed by atoms with Gasteiger partial charge in [-0.1, -0.05) is 50.1 Å². The third-order valence-corrected chi connectivity index (χ3v) is 7.22. The van der Waals surface area contributed by atoms with Gasteiger partial charge in [0, 0.05) is 33.5 Å². The van der Waals surface area contributed by atoms with Crippen molar-refractivity contribution >= 4 is 50.9 Å². The lowest BCUT2D eigenvalue weighted by Gasteiger charge is -2.32. The van der Waals surface area contributed by atoms with Gasteiger partial charge in [-0.3, -0.25) is 9.00 Å².